The Balaban J connectivity index is 1.33. The fraction of sp³-hybridized carbons (Fsp3) is 0.226. The lowest BCUT2D eigenvalue weighted by atomic mass is 9.96. The first-order chi connectivity index (χ1) is 19.0. The maximum Gasteiger partial charge on any atom is 0.343 e. The zero-order valence-corrected chi connectivity index (χ0v) is 21.7. The van der Waals surface area contributed by atoms with E-state index in [1.165, 1.54) is 0 Å². The normalized spacial score (nSPS) is 14.5. The summed E-state index contributed by atoms with van der Waals surface area (Å²) in [6.07, 6.45) is 3.51. The lowest BCUT2D eigenvalue weighted by molar-refractivity contribution is -0.130. The van der Waals surface area contributed by atoms with Gasteiger partial charge in [-0.05, 0) is 53.4 Å². The van der Waals surface area contributed by atoms with Gasteiger partial charge in [0.05, 0.1) is 11.5 Å². The highest BCUT2D eigenvalue weighted by Crippen LogP contribution is 2.25. The molecular formula is C31H30N4O4. The number of ether oxygens (including phenoxy) is 1. The minimum absolute atomic E-state index is 0.0658. The number of amides is 2. The maximum atomic E-state index is 13.6. The van der Waals surface area contributed by atoms with Crippen LogP contribution in [0.1, 0.15) is 28.8 Å². The van der Waals surface area contributed by atoms with Crippen LogP contribution in [0.25, 0.3) is 10.8 Å². The molecule has 0 spiro atoms. The Hall–Kier alpha value is -4.56. The highest BCUT2D eigenvalue weighted by molar-refractivity contribution is 5.98. The Labute approximate surface area is 227 Å². The second-order valence-corrected chi connectivity index (χ2v) is 9.61. The number of nitrogens with one attached hydrogen (secondary N) is 1. The van der Waals surface area contributed by atoms with Crippen molar-refractivity contribution in [2.24, 2.45) is 0 Å². The summed E-state index contributed by atoms with van der Waals surface area (Å²) in [5, 5.41) is 5.07. The van der Waals surface area contributed by atoms with Crippen LogP contribution >= 0.6 is 0 Å². The van der Waals surface area contributed by atoms with E-state index in [0.717, 1.165) is 16.3 Å². The number of esters is 1. The predicted molar refractivity (Wildman–Crippen MR) is 150 cm³/mol. The Morgan fingerprint density at radius 1 is 0.897 bits per heavy atom. The van der Waals surface area contributed by atoms with Gasteiger partial charge >= 0.3 is 5.97 Å². The summed E-state index contributed by atoms with van der Waals surface area (Å²) in [6, 6.07) is 23.5. The van der Waals surface area contributed by atoms with Crippen LogP contribution in [-0.4, -0.2) is 65.3 Å². The number of anilines is 1. The summed E-state index contributed by atoms with van der Waals surface area (Å²) in [4.78, 5) is 46.0. The summed E-state index contributed by atoms with van der Waals surface area (Å²) >= 11 is 0. The van der Waals surface area contributed by atoms with E-state index in [-0.39, 0.29) is 11.8 Å². The molecular weight excluding hydrogens is 492 g/mol. The molecule has 1 aromatic heterocycles. The van der Waals surface area contributed by atoms with Crippen LogP contribution in [0.2, 0.25) is 0 Å². The SMILES string of the molecule is CC(=O)N1CCN(CC(C(=O)Nc2ccc3cnccc3c2)c2ccc(OC(=O)c3ccccc3)cc2)CC1. The molecule has 1 atom stereocenters. The van der Waals surface area contributed by atoms with Gasteiger partial charge in [-0.2, -0.15) is 0 Å². The van der Waals surface area contributed by atoms with E-state index < -0.39 is 11.9 Å². The van der Waals surface area contributed by atoms with E-state index in [1.54, 1.807) is 55.7 Å². The van der Waals surface area contributed by atoms with E-state index in [9.17, 15) is 14.4 Å². The largest absolute Gasteiger partial charge is 0.423 e. The first-order valence-corrected chi connectivity index (χ1v) is 13.0. The van der Waals surface area contributed by atoms with Gasteiger partial charge in [-0.15, -0.1) is 0 Å². The number of carbonyl (C=O) groups excluding carboxylic acids is 3. The quantitative estimate of drug-likeness (QED) is 0.287. The number of carbonyl (C=O) groups is 3. The molecule has 4 aromatic rings. The third-order valence-electron chi connectivity index (χ3n) is 6.99. The average molecular weight is 523 g/mol. The van der Waals surface area contributed by atoms with Crippen LogP contribution in [0.4, 0.5) is 5.69 Å². The standard InChI is InChI=1S/C31H30N4O4/c1-22(36)35-17-15-34(16-18-35)21-29(30(37)33-27-10-7-26-20-32-14-13-25(26)19-27)23-8-11-28(12-9-23)39-31(38)24-5-3-2-4-6-24/h2-14,19-20,29H,15-18,21H2,1H3,(H,33,37). The first-order valence-electron chi connectivity index (χ1n) is 13.0. The average Bonchev–Trinajstić information content (AvgIpc) is 2.97. The number of aromatic nitrogens is 1. The molecule has 1 aliphatic rings. The van der Waals surface area contributed by atoms with Gasteiger partial charge in [0.2, 0.25) is 11.8 Å². The van der Waals surface area contributed by atoms with Gasteiger partial charge in [0, 0.05) is 63.1 Å². The molecule has 1 N–H and O–H groups in total. The Morgan fingerprint density at radius 2 is 1.64 bits per heavy atom. The van der Waals surface area contributed by atoms with Crippen molar-refractivity contribution >= 4 is 34.2 Å². The molecule has 0 saturated carbocycles. The molecule has 1 unspecified atom stereocenters. The van der Waals surface area contributed by atoms with E-state index in [1.807, 2.05) is 47.4 Å². The Morgan fingerprint density at radius 3 is 2.36 bits per heavy atom. The lowest BCUT2D eigenvalue weighted by Gasteiger charge is -2.35. The summed E-state index contributed by atoms with van der Waals surface area (Å²) in [5.74, 6) is -0.569. The van der Waals surface area contributed by atoms with Crippen molar-refractivity contribution in [2.75, 3.05) is 38.0 Å². The fourth-order valence-electron chi connectivity index (χ4n) is 4.74. The highest BCUT2D eigenvalue weighted by atomic mass is 16.5. The minimum atomic E-state index is -0.471. The maximum absolute atomic E-state index is 13.6. The van der Waals surface area contributed by atoms with Crippen LogP contribution in [0.3, 0.4) is 0 Å². The smallest absolute Gasteiger partial charge is 0.343 e. The zero-order chi connectivity index (χ0) is 27.2. The van der Waals surface area contributed by atoms with Crippen molar-refractivity contribution < 1.29 is 19.1 Å². The third kappa shape index (κ3) is 6.48. The number of hydrogen-bond acceptors (Lipinski definition) is 6. The molecule has 0 radical (unpaired) electrons. The van der Waals surface area contributed by atoms with Gasteiger partial charge in [-0.3, -0.25) is 19.5 Å². The number of fused-ring (bicyclic) bond motifs is 1. The molecule has 39 heavy (non-hydrogen) atoms. The number of piperazine rings is 1. The van der Waals surface area contributed by atoms with Crippen molar-refractivity contribution in [3.8, 4) is 5.75 Å². The van der Waals surface area contributed by atoms with Crippen molar-refractivity contribution in [1.29, 1.82) is 0 Å². The summed E-state index contributed by atoms with van der Waals surface area (Å²) < 4.78 is 5.52. The van der Waals surface area contributed by atoms with Gasteiger partial charge < -0.3 is 15.0 Å². The van der Waals surface area contributed by atoms with E-state index in [2.05, 4.69) is 15.2 Å². The number of benzene rings is 3. The zero-order valence-electron chi connectivity index (χ0n) is 21.7. The number of rotatable bonds is 7. The van der Waals surface area contributed by atoms with Gasteiger partial charge in [0.25, 0.3) is 0 Å². The third-order valence-corrected chi connectivity index (χ3v) is 6.99. The second kappa shape index (κ2) is 11.9. The molecule has 0 bridgehead atoms. The fourth-order valence-corrected chi connectivity index (χ4v) is 4.74. The topological polar surface area (TPSA) is 91.8 Å². The van der Waals surface area contributed by atoms with Crippen LogP contribution in [0.5, 0.6) is 5.75 Å². The molecule has 198 valence electrons. The molecule has 1 fully saturated rings. The van der Waals surface area contributed by atoms with Crippen molar-refractivity contribution in [3.63, 3.8) is 0 Å². The van der Waals surface area contributed by atoms with Crippen molar-refractivity contribution in [1.82, 2.24) is 14.8 Å². The second-order valence-electron chi connectivity index (χ2n) is 9.61. The van der Waals surface area contributed by atoms with Crippen LogP contribution in [0, 0.1) is 0 Å². The monoisotopic (exact) mass is 522 g/mol. The number of nitrogens with zero attached hydrogens (tertiary/aromatic N) is 3. The summed E-state index contributed by atoms with van der Waals surface area (Å²) in [7, 11) is 0. The molecule has 8 nitrogen and oxygen atoms in total. The van der Waals surface area contributed by atoms with Gasteiger partial charge in [0.15, 0.2) is 0 Å². The molecule has 5 rings (SSSR count). The number of pyridine rings is 1. The summed E-state index contributed by atoms with van der Waals surface area (Å²) in [6.45, 7) is 4.74. The van der Waals surface area contributed by atoms with Gasteiger partial charge in [0.1, 0.15) is 5.75 Å². The number of hydrogen-bond donors (Lipinski definition) is 1. The van der Waals surface area contributed by atoms with Crippen LogP contribution in [0.15, 0.2) is 91.3 Å². The molecule has 1 saturated heterocycles. The summed E-state index contributed by atoms with van der Waals surface area (Å²) in [5.41, 5.74) is 1.99. The minimum Gasteiger partial charge on any atom is -0.423 e. The molecule has 8 heteroatoms. The van der Waals surface area contributed by atoms with Gasteiger partial charge in [-0.25, -0.2) is 4.79 Å². The Bertz CT molecular complexity index is 1470. The van der Waals surface area contributed by atoms with Crippen LogP contribution in [-0.2, 0) is 9.59 Å². The van der Waals surface area contributed by atoms with E-state index in [4.69, 9.17) is 4.74 Å². The molecule has 2 amide bonds. The first kappa shape index (κ1) is 26.1. The predicted octanol–water partition coefficient (Wildman–Crippen LogP) is 4.34. The lowest BCUT2D eigenvalue weighted by Crippen LogP contribution is -2.49. The molecule has 0 aliphatic carbocycles. The van der Waals surface area contributed by atoms with Crippen LogP contribution < -0.4 is 10.1 Å². The van der Waals surface area contributed by atoms with Gasteiger partial charge in [-0.1, -0.05) is 36.4 Å². The van der Waals surface area contributed by atoms with E-state index >= 15 is 0 Å². The molecule has 2 heterocycles. The van der Waals surface area contributed by atoms with E-state index in [0.29, 0.717) is 49.7 Å². The van der Waals surface area contributed by atoms with Crippen molar-refractivity contribution in [2.45, 2.75) is 12.8 Å². The molecule has 3 aromatic carbocycles. The Kier molecular flexibility index (Phi) is 7.94. The molecule has 1 aliphatic heterocycles. The van der Waals surface area contributed by atoms with Crippen molar-refractivity contribution in [3.05, 3.63) is 102 Å². The highest BCUT2D eigenvalue weighted by Gasteiger charge is 2.27.